The van der Waals surface area contributed by atoms with Crippen molar-refractivity contribution in [2.75, 3.05) is 33.2 Å². The minimum Gasteiger partial charge on any atom is -0.326 e. The van der Waals surface area contributed by atoms with Crippen LogP contribution in [-0.4, -0.2) is 51.6 Å². The van der Waals surface area contributed by atoms with Gasteiger partial charge in [-0.2, -0.15) is 0 Å². The van der Waals surface area contributed by atoms with Gasteiger partial charge in [-0.3, -0.25) is 0 Å². The molecule has 3 N–H and O–H groups in total. The van der Waals surface area contributed by atoms with E-state index in [1.165, 1.54) is 6.07 Å². The molecule has 21 heavy (non-hydrogen) atoms. The number of likely N-dealkylation sites (N-methyl/N-ethyl adjacent to an activating group) is 1. The quantitative estimate of drug-likeness (QED) is 0.841. The lowest BCUT2D eigenvalue weighted by Crippen LogP contribution is -2.52. The third kappa shape index (κ3) is 4.07. The van der Waals surface area contributed by atoms with E-state index in [1.54, 1.807) is 11.1 Å². The molecule has 1 aliphatic heterocycles. The van der Waals surface area contributed by atoms with E-state index in [9.17, 15) is 8.42 Å². The number of nitrogens with two attached hydrogens (primary N) is 1. The Hall–Kier alpha value is -0.410. The lowest BCUT2D eigenvalue weighted by atomic mass is 10.2. The lowest BCUT2D eigenvalue weighted by Gasteiger charge is -2.32. The summed E-state index contributed by atoms with van der Waals surface area (Å²) in [6.07, 6.45) is 0. The van der Waals surface area contributed by atoms with E-state index in [0.717, 1.165) is 13.1 Å². The topological polar surface area (TPSA) is 78.7 Å². The number of hydrogen-bond donors (Lipinski definition) is 2. The fourth-order valence-electron chi connectivity index (χ4n) is 2.08. The third-order valence-electron chi connectivity index (χ3n) is 3.34. The van der Waals surface area contributed by atoms with E-state index >= 15 is 0 Å². The Morgan fingerprint density at radius 2 is 1.86 bits per heavy atom. The van der Waals surface area contributed by atoms with Crippen molar-refractivity contribution in [2.24, 2.45) is 5.73 Å². The van der Waals surface area contributed by atoms with Crippen LogP contribution in [0.15, 0.2) is 17.0 Å². The maximum atomic E-state index is 12.5. The Balaban J connectivity index is 2.25. The molecule has 1 aromatic carbocycles. The summed E-state index contributed by atoms with van der Waals surface area (Å²) in [7, 11) is -1.78. The Morgan fingerprint density at radius 1 is 1.24 bits per heavy atom. The van der Waals surface area contributed by atoms with Crippen LogP contribution in [0.25, 0.3) is 0 Å². The van der Waals surface area contributed by atoms with Crippen molar-refractivity contribution >= 4 is 33.2 Å². The molecule has 0 amide bonds. The molecule has 118 valence electrons. The van der Waals surface area contributed by atoms with E-state index in [2.05, 4.69) is 9.73 Å². The molecular formula is C12H18Cl2N4O2S. The van der Waals surface area contributed by atoms with Crippen molar-refractivity contribution < 1.29 is 8.42 Å². The van der Waals surface area contributed by atoms with Crippen molar-refractivity contribution in [3.63, 3.8) is 0 Å². The Labute approximate surface area is 134 Å². The van der Waals surface area contributed by atoms with E-state index in [-0.39, 0.29) is 16.5 Å². The van der Waals surface area contributed by atoms with Crippen molar-refractivity contribution in [1.29, 1.82) is 0 Å². The van der Waals surface area contributed by atoms with Crippen LogP contribution in [0.5, 0.6) is 0 Å². The molecule has 1 aromatic rings. The summed E-state index contributed by atoms with van der Waals surface area (Å²) in [4.78, 5) is 4.63. The first-order valence-corrected chi connectivity index (χ1v) is 8.71. The monoisotopic (exact) mass is 352 g/mol. The molecule has 0 aromatic heterocycles. The second-order valence-electron chi connectivity index (χ2n) is 4.97. The molecule has 2 rings (SSSR count). The van der Waals surface area contributed by atoms with Crippen LogP contribution in [0.4, 0.5) is 0 Å². The standard InChI is InChI=1S/C12H18Cl2N4O2S/c1-17-2-4-18(5-3-17)16-21(19,20)11-7-10(13)6-9(8-15)12(11)14/h6-7,16H,2-5,8,15H2,1H3. The van der Waals surface area contributed by atoms with Gasteiger partial charge in [-0.1, -0.05) is 23.2 Å². The molecular weight excluding hydrogens is 335 g/mol. The fourth-order valence-corrected chi connectivity index (χ4v) is 4.15. The summed E-state index contributed by atoms with van der Waals surface area (Å²) in [5.41, 5.74) is 6.06. The molecule has 0 aliphatic carbocycles. The number of sulfonamides is 1. The Morgan fingerprint density at radius 3 is 2.43 bits per heavy atom. The van der Waals surface area contributed by atoms with E-state index in [4.69, 9.17) is 28.9 Å². The number of nitrogens with zero attached hydrogens (tertiary/aromatic N) is 2. The number of hydrazine groups is 1. The molecule has 6 nitrogen and oxygen atoms in total. The maximum Gasteiger partial charge on any atom is 0.255 e. The van der Waals surface area contributed by atoms with E-state index in [1.807, 2.05) is 7.05 Å². The van der Waals surface area contributed by atoms with E-state index < -0.39 is 10.0 Å². The second kappa shape index (κ2) is 6.78. The highest BCUT2D eigenvalue weighted by atomic mass is 35.5. The third-order valence-corrected chi connectivity index (χ3v) is 5.52. The van der Waals surface area contributed by atoms with Crippen LogP contribution >= 0.6 is 23.2 Å². The van der Waals surface area contributed by atoms with E-state index in [0.29, 0.717) is 23.7 Å². The molecule has 1 saturated heterocycles. The molecule has 1 aliphatic rings. The molecule has 0 atom stereocenters. The summed E-state index contributed by atoms with van der Waals surface area (Å²) in [6.45, 7) is 2.92. The molecule has 0 saturated carbocycles. The second-order valence-corrected chi connectivity index (χ2v) is 7.41. The van der Waals surface area contributed by atoms with Gasteiger partial charge in [0.25, 0.3) is 10.0 Å². The molecule has 0 bridgehead atoms. The Kier molecular flexibility index (Phi) is 5.48. The zero-order valence-corrected chi connectivity index (χ0v) is 14.0. The molecule has 1 fully saturated rings. The minimum absolute atomic E-state index is 0.0453. The van der Waals surface area contributed by atoms with Crippen LogP contribution in [0.2, 0.25) is 10.0 Å². The van der Waals surface area contributed by atoms with Gasteiger partial charge in [0.15, 0.2) is 0 Å². The van der Waals surface area contributed by atoms with Gasteiger partial charge in [0.1, 0.15) is 4.90 Å². The van der Waals surface area contributed by atoms with Crippen LogP contribution in [0.3, 0.4) is 0 Å². The smallest absolute Gasteiger partial charge is 0.255 e. The molecule has 1 heterocycles. The predicted octanol–water partition coefficient (Wildman–Crippen LogP) is 0.893. The predicted molar refractivity (Wildman–Crippen MR) is 83.7 cm³/mol. The first-order valence-electron chi connectivity index (χ1n) is 6.47. The first-order chi connectivity index (χ1) is 9.83. The number of benzene rings is 1. The zero-order chi connectivity index (χ0) is 15.6. The molecule has 0 radical (unpaired) electrons. The zero-order valence-electron chi connectivity index (χ0n) is 11.6. The van der Waals surface area contributed by atoms with Crippen LogP contribution < -0.4 is 10.6 Å². The number of hydrogen-bond acceptors (Lipinski definition) is 5. The molecule has 9 heteroatoms. The summed E-state index contributed by atoms with van der Waals surface area (Å²) >= 11 is 12.1. The van der Waals surface area contributed by atoms with Crippen molar-refractivity contribution in [2.45, 2.75) is 11.4 Å². The lowest BCUT2D eigenvalue weighted by molar-refractivity contribution is 0.135. The number of halogens is 2. The van der Waals surface area contributed by atoms with Crippen molar-refractivity contribution in [3.8, 4) is 0 Å². The fraction of sp³-hybridized carbons (Fsp3) is 0.500. The summed E-state index contributed by atoms with van der Waals surface area (Å²) in [5.74, 6) is 0. The van der Waals surface area contributed by atoms with Gasteiger partial charge in [0.2, 0.25) is 0 Å². The summed E-state index contributed by atoms with van der Waals surface area (Å²) in [5, 5.41) is 2.07. The highest BCUT2D eigenvalue weighted by Gasteiger charge is 2.25. The van der Waals surface area contributed by atoms with Crippen LogP contribution in [-0.2, 0) is 16.6 Å². The summed E-state index contributed by atoms with van der Waals surface area (Å²) < 4.78 is 24.9. The van der Waals surface area contributed by atoms with Crippen molar-refractivity contribution in [3.05, 3.63) is 27.7 Å². The number of piperazine rings is 1. The van der Waals surface area contributed by atoms with Gasteiger partial charge in [-0.25, -0.2) is 13.4 Å². The largest absolute Gasteiger partial charge is 0.326 e. The van der Waals surface area contributed by atoms with Crippen LogP contribution in [0.1, 0.15) is 5.56 Å². The maximum absolute atomic E-state index is 12.5. The minimum atomic E-state index is -3.78. The van der Waals surface area contributed by atoms with Gasteiger partial charge in [0, 0.05) is 37.7 Å². The van der Waals surface area contributed by atoms with Gasteiger partial charge in [-0.05, 0) is 24.7 Å². The number of rotatable bonds is 4. The average molecular weight is 353 g/mol. The van der Waals surface area contributed by atoms with Crippen molar-refractivity contribution in [1.82, 2.24) is 14.7 Å². The molecule has 0 spiro atoms. The number of nitrogens with one attached hydrogen (secondary N) is 1. The average Bonchev–Trinajstić information content (AvgIpc) is 2.43. The van der Waals surface area contributed by atoms with Gasteiger partial charge >= 0.3 is 0 Å². The normalized spacial score (nSPS) is 18.1. The van der Waals surface area contributed by atoms with Crippen LogP contribution in [0, 0.1) is 0 Å². The SMILES string of the molecule is CN1CCN(NS(=O)(=O)c2cc(Cl)cc(CN)c2Cl)CC1. The highest BCUT2D eigenvalue weighted by molar-refractivity contribution is 7.89. The first kappa shape index (κ1) is 17.0. The summed E-state index contributed by atoms with van der Waals surface area (Å²) in [6, 6.07) is 2.90. The van der Waals surface area contributed by atoms with Gasteiger partial charge in [-0.15, -0.1) is 4.83 Å². The molecule has 0 unspecified atom stereocenters. The van der Waals surface area contributed by atoms with Gasteiger partial charge in [0.05, 0.1) is 5.02 Å². The highest BCUT2D eigenvalue weighted by Crippen LogP contribution is 2.29. The Bertz CT molecular complexity index is 616. The van der Waals surface area contributed by atoms with Gasteiger partial charge < -0.3 is 10.6 Å².